The van der Waals surface area contributed by atoms with Gasteiger partial charge in [-0.05, 0) is 37.6 Å². The predicted molar refractivity (Wildman–Crippen MR) is 102 cm³/mol. The number of hydrogen-bond acceptors (Lipinski definition) is 7. The van der Waals surface area contributed by atoms with Crippen LogP contribution < -0.4 is 9.80 Å². The van der Waals surface area contributed by atoms with Crippen molar-refractivity contribution in [3.05, 3.63) is 42.0 Å². The summed E-state index contributed by atoms with van der Waals surface area (Å²) in [5, 5.41) is 13.3. The van der Waals surface area contributed by atoms with Crippen molar-refractivity contribution in [2.45, 2.75) is 19.3 Å². The monoisotopic (exact) mass is 365 g/mol. The molecular formula is C19H23N7O. The highest BCUT2D eigenvalue weighted by Gasteiger charge is 2.28. The van der Waals surface area contributed by atoms with Gasteiger partial charge in [0.15, 0.2) is 17.3 Å². The molecule has 3 aromatic rings. The van der Waals surface area contributed by atoms with Crippen LogP contribution in [0.15, 0.2) is 30.5 Å². The zero-order valence-corrected chi connectivity index (χ0v) is 15.5. The highest BCUT2D eigenvalue weighted by Crippen LogP contribution is 2.28. The maximum absolute atomic E-state index is 5.44. The summed E-state index contributed by atoms with van der Waals surface area (Å²) in [5.41, 5.74) is 3.01. The summed E-state index contributed by atoms with van der Waals surface area (Å²) in [6, 6.07) is 8.23. The van der Waals surface area contributed by atoms with Gasteiger partial charge in [-0.15, -0.1) is 5.10 Å². The second-order valence-corrected chi connectivity index (χ2v) is 7.22. The molecule has 2 fully saturated rings. The Morgan fingerprint density at radius 2 is 1.89 bits per heavy atom. The quantitative estimate of drug-likeness (QED) is 0.699. The van der Waals surface area contributed by atoms with Crippen molar-refractivity contribution in [2.24, 2.45) is 0 Å². The molecule has 2 saturated heterocycles. The maximum Gasteiger partial charge on any atom is 0.156 e. The number of aryl methyl sites for hydroxylation is 1. The Labute approximate surface area is 157 Å². The fraction of sp³-hybridized carbons (Fsp3) is 0.474. The van der Waals surface area contributed by atoms with Crippen LogP contribution in [-0.4, -0.2) is 64.2 Å². The van der Waals surface area contributed by atoms with Crippen LogP contribution in [0.1, 0.15) is 23.9 Å². The zero-order chi connectivity index (χ0) is 18.2. The van der Waals surface area contributed by atoms with Crippen molar-refractivity contribution in [1.29, 1.82) is 0 Å². The number of nitrogens with zero attached hydrogens (tertiary/aromatic N) is 7. The summed E-state index contributed by atoms with van der Waals surface area (Å²) >= 11 is 0. The first-order chi connectivity index (χ1) is 13.3. The lowest BCUT2D eigenvalue weighted by atomic mass is 10.1. The van der Waals surface area contributed by atoms with E-state index in [0.717, 1.165) is 68.8 Å². The Bertz CT molecular complexity index is 933. The van der Waals surface area contributed by atoms with Gasteiger partial charge in [-0.1, -0.05) is 0 Å². The van der Waals surface area contributed by atoms with Gasteiger partial charge in [0.2, 0.25) is 0 Å². The van der Waals surface area contributed by atoms with Gasteiger partial charge in [-0.3, -0.25) is 0 Å². The molecule has 8 heteroatoms. The summed E-state index contributed by atoms with van der Waals surface area (Å²) in [5.74, 6) is 2.16. The SMILES string of the molecule is Cc1ccc(N2CC[C@@H](c3nc4ccc(N5CCOCC5)cn4n3)C2)nn1. The van der Waals surface area contributed by atoms with Gasteiger partial charge in [0, 0.05) is 32.1 Å². The van der Waals surface area contributed by atoms with Crippen LogP contribution in [0.4, 0.5) is 11.5 Å². The molecular weight excluding hydrogens is 342 g/mol. The van der Waals surface area contributed by atoms with E-state index >= 15 is 0 Å². The third-order valence-electron chi connectivity index (χ3n) is 5.37. The highest BCUT2D eigenvalue weighted by atomic mass is 16.5. The van der Waals surface area contributed by atoms with Gasteiger partial charge in [-0.25, -0.2) is 9.50 Å². The van der Waals surface area contributed by atoms with Gasteiger partial charge in [0.1, 0.15) is 0 Å². The molecule has 0 saturated carbocycles. The molecule has 0 spiro atoms. The van der Waals surface area contributed by atoms with Gasteiger partial charge >= 0.3 is 0 Å². The molecule has 2 aliphatic heterocycles. The second-order valence-electron chi connectivity index (χ2n) is 7.22. The fourth-order valence-electron chi connectivity index (χ4n) is 3.81. The number of ether oxygens (including phenoxy) is 1. The molecule has 0 amide bonds. The average Bonchev–Trinajstić information content (AvgIpc) is 3.36. The number of aromatic nitrogens is 5. The Hall–Kier alpha value is -2.74. The number of rotatable bonds is 3. The molecule has 8 nitrogen and oxygen atoms in total. The van der Waals surface area contributed by atoms with E-state index in [1.807, 2.05) is 23.6 Å². The van der Waals surface area contributed by atoms with Crippen LogP contribution in [0.3, 0.4) is 0 Å². The second kappa shape index (κ2) is 6.77. The van der Waals surface area contributed by atoms with Crippen molar-refractivity contribution in [3.63, 3.8) is 0 Å². The zero-order valence-electron chi connectivity index (χ0n) is 15.5. The molecule has 0 aromatic carbocycles. The fourth-order valence-corrected chi connectivity index (χ4v) is 3.81. The summed E-state index contributed by atoms with van der Waals surface area (Å²) in [4.78, 5) is 9.37. The molecule has 0 aliphatic carbocycles. The van der Waals surface area contributed by atoms with Gasteiger partial charge in [-0.2, -0.15) is 10.2 Å². The van der Waals surface area contributed by atoms with Crippen molar-refractivity contribution < 1.29 is 4.74 Å². The van der Waals surface area contributed by atoms with E-state index in [9.17, 15) is 0 Å². The molecule has 27 heavy (non-hydrogen) atoms. The molecule has 2 aliphatic rings. The lowest BCUT2D eigenvalue weighted by molar-refractivity contribution is 0.122. The minimum Gasteiger partial charge on any atom is -0.378 e. The molecule has 5 rings (SSSR count). The smallest absolute Gasteiger partial charge is 0.156 e. The number of hydrogen-bond donors (Lipinski definition) is 0. The van der Waals surface area contributed by atoms with Gasteiger partial charge < -0.3 is 14.5 Å². The maximum atomic E-state index is 5.44. The van der Waals surface area contributed by atoms with Gasteiger partial charge in [0.25, 0.3) is 0 Å². The summed E-state index contributed by atoms with van der Waals surface area (Å²) in [6.45, 7) is 7.18. The summed E-state index contributed by atoms with van der Waals surface area (Å²) in [6.07, 6.45) is 3.11. The van der Waals surface area contributed by atoms with Crippen LogP contribution in [-0.2, 0) is 4.74 Å². The Balaban J connectivity index is 1.35. The molecule has 140 valence electrons. The number of fused-ring (bicyclic) bond motifs is 1. The third kappa shape index (κ3) is 3.21. The number of morpholine rings is 1. The Morgan fingerprint density at radius 1 is 1.00 bits per heavy atom. The van der Waals surface area contributed by atoms with Crippen molar-refractivity contribution >= 4 is 17.2 Å². The van der Waals surface area contributed by atoms with E-state index in [0.29, 0.717) is 5.92 Å². The molecule has 0 bridgehead atoms. The van der Waals surface area contributed by atoms with E-state index < -0.39 is 0 Å². The first-order valence-corrected chi connectivity index (χ1v) is 9.50. The highest BCUT2D eigenvalue weighted by molar-refractivity contribution is 5.52. The summed E-state index contributed by atoms with van der Waals surface area (Å²) in [7, 11) is 0. The standard InChI is InChI=1S/C19H23N7O/c1-14-2-4-18(22-21-14)25-7-6-15(12-25)19-20-17-5-3-16(13-26(17)23-19)24-8-10-27-11-9-24/h2-5,13,15H,6-12H2,1H3/t15-/m1/s1. The predicted octanol–water partition coefficient (Wildman–Crippen LogP) is 1.66. The van der Waals surface area contributed by atoms with E-state index in [1.165, 1.54) is 5.69 Å². The lowest BCUT2D eigenvalue weighted by Crippen LogP contribution is -2.36. The Kier molecular flexibility index (Phi) is 4.12. The van der Waals surface area contributed by atoms with E-state index in [2.05, 4.69) is 38.3 Å². The molecule has 3 aromatic heterocycles. The number of anilines is 2. The third-order valence-corrected chi connectivity index (χ3v) is 5.37. The van der Waals surface area contributed by atoms with Crippen molar-refractivity contribution in [1.82, 2.24) is 24.8 Å². The van der Waals surface area contributed by atoms with Crippen LogP contribution in [0, 0.1) is 6.92 Å². The van der Waals surface area contributed by atoms with Crippen LogP contribution in [0.25, 0.3) is 5.65 Å². The topological polar surface area (TPSA) is 71.7 Å². The van der Waals surface area contributed by atoms with Crippen molar-refractivity contribution in [2.75, 3.05) is 49.2 Å². The lowest BCUT2D eigenvalue weighted by Gasteiger charge is -2.28. The Morgan fingerprint density at radius 3 is 2.70 bits per heavy atom. The van der Waals surface area contributed by atoms with E-state index in [4.69, 9.17) is 14.8 Å². The number of pyridine rings is 1. The molecule has 5 heterocycles. The average molecular weight is 365 g/mol. The normalized spacial score (nSPS) is 20.6. The van der Waals surface area contributed by atoms with Crippen LogP contribution in [0.2, 0.25) is 0 Å². The molecule has 0 radical (unpaired) electrons. The minimum absolute atomic E-state index is 0.319. The molecule has 0 N–H and O–H groups in total. The first-order valence-electron chi connectivity index (χ1n) is 9.50. The molecule has 0 unspecified atom stereocenters. The van der Waals surface area contributed by atoms with Crippen LogP contribution >= 0.6 is 0 Å². The van der Waals surface area contributed by atoms with Gasteiger partial charge in [0.05, 0.1) is 30.8 Å². The van der Waals surface area contributed by atoms with Crippen molar-refractivity contribution in [3.8, 4) is 0 Å². The minimum atomic E-state index is 0.319. The van der Waals surface area contributed by atoms with E-state index in [1.54, 1.807) is 0 Å². The summed E-state index contributed by atoms with van der Waals surface area (Å²) < 4.78 is 7.35. The molecule has 1 atom stereocenters. The largest absolute Gasteiger partial charge is 0.378 e. The first kappa shape index (κ1) is 16.4. The van der Waals surface area contributed by atoms with E-state index in [-0.39, 0.29) is 0 Å². The van der Waals surface area contributed by atoms with Crippen LogP contribution in [0.5, 0.6) is 0 Å².